The van der Waals surface area contributed by atoms with Crippen LogP contribution in [0.3, 0.4) is 0 Å². The normalized spacial score (nSPS) is 9.64. The molecule has 0 unspecified atom stereocenters. The zero-order valence-corrected chi connectivity index (χ0v) is 8.98. The van der Waals surface area contributed by atoms with Crippen molar-refractivity contribution in [2.24, 2.45) is 0 Å². The maximum Gasteiger partial charge on any atom is 0.319 e. The van der Waals surface area contributed by atoms with Crippen LogP contribution >= 0.6 is 11.6 Å². The SMILES string of the molecule is CCNC(=O)Nc1cccc(Cl)c1C. The fourth-order valence-corrected chi connectivity index (χ4v) is 1.24. The Labute approximate surface area is 88.5 Å². The Hall–Kier alpha value is -1.22. The van der Waals surface area contributed by atoms with Gasteiger partial charge in [0, 0.05) is 17.3 Å². The first-order valence-electron chi connectivity index (χ1n) is 4.45. The number of amides is 2. The molecule has 2 amide bonds. The summed E-state index contributed by atoms with van der Waals surface area (Å²) < 4.78 is 0. The van der Waals surface area contributed by atoms with Gasteiger partial charge in [0.1, 0.15) is 0 Å². The highest BCUT2D eigenvalue weighted by atomic mass is 35.5. The van der Waals surface area contributed by atoms with E-state index in [0.717, 1.165) is 11.3 Å². The zero-order valence-electron chi connectivity index (χ0n) is 8.23. The van der Waals surface area contributed by atoms with Crippen LogP contribution in [0.4, 0.5) is 10.5 Å². The van der Waals surface area contributed by atoms with E-state index in [9.17, 15) is 4.79 Å². The van der Waals surface area contributed by atoms with Gasteiger partial charge in [-0.2, -0.15) is 0 Å². The summed E-state index contributed by atoms with van der Waals surface area (Å²) >= 11 is 5.90. The van der Waals surface area contributed by atoms with E-state index in [1.54, 1.807) is 12.1 Å². The second-order valence-corrected chi connectivity index (χ2v) is 3.30. The van der Waals surface area contributed by atoms with Gasteiger partial charge in [0.15, 0.2) is 0 Å². The van der Waals surface area contributed by atoms with Crippen LogP contribution in [0.25, 0.3) is 0 Å². The third-order valence-corrected chi connectivity index (χ3v) is 2.26. The minimum atomic E-state index is -0.210. The highest BCUT2D eigenvalue weighted by molar-refractivity contribution is 6.31. The maximum absolute atomic E-state index is 11.2. The van der Waals surface area contributed by atoms with E-state index < -0.39 is 0 Å². The van der Waals surface area contributed by atoms with Crippen molar-refractivity contribution in [3.8, 4) is 0 Å². The van der Waals surface area contributed by atoms with Crippen molar-refractivity contribution in [3.63, 3.8) is 0 Å². The molecule has 1 rings (SSSR count). The predicted octanol–water partition coefficient (Wildman–Crippen LogP) is 2.79. The molecule has 76 valence electrons. The molecule has 0 fully saturated rings. The van der Waals surface area contributed by atoms with Gasteiger partial charge in [0.05, 0.1) is 0 Å². The molecule has 2 N–H and O–H groups in total. The molecule has 0 saturated carbocycles. The summed E-state index contributed by atoms with van der Waals surface area (Å²) in [6.45, 7) is 4.33. The first-order chi connectivity index (χ1) is 6.65. The lowest BCUT2D eigenvalue weighted by Gasteiger charge is -2.09. The van der Waals surface area contributed by atoms with Crippen molar-refractivity contribution in [1.82, 2.24) is 5.32 Å². The minimum Gasteiger partial charge on any atom is -0.338 e. The molecule has 0 atom stereocenters. The average molecular weight is 213 g/mol. The molecule has 14 heavy (non-hydrogen) atoms. The van der Waals surface area contributed by atoms with Gasteiger partial charge in [-0.05, 0) is 31.5 Å². The van der Waals surface area contributed by atoms with E-state index in [-0.39, 0.29) is 6.03 Å². The Kier molecular flexibility index (Phi) is 3.77. The number of anilines is 1. The topological polar surface area (TPSA) is 41.1 Å². The monoisotopic (exact) mass is 212 g/mol. The molecule has 3 nitrogen and oxygen atoms in total. The van der Waals surface area contributed by atoms with Gasteiger partial charge >= 0.3 is 6.03 Å². The Morgan fingerprint density at radius 1 is 1.50 bits per heavy atom. The zero-order chi connectivity index (χ0) is 10.6. The number of hydrogen-bond acceptors (Lipinski definition) is 1. The molecule has 0 saturated heterocycles. The number of nitrogens with one attached hydrogen (secondary N) is 2. The Balaban J connectivity index is 2.76. The second kappa shape index (κ2) is 4.86. The lowest BCUT2D eigenvalue weighted by atomic mass is 10.2. The van der Waals surface area contributed by atoms with Crippen LogP contribution in [-0.2, 0) is 0 Å². The number of carbonyl (C=O) groups is 1. The molecule has 0 aliphatic rings. The van der Waals surface area contributed by atoms with Crippen molar-refractivity contribution in [3.05, 3.63) is 28.8 Å². The molecule has 1 aromatic carbocycles. The van der Waals surface area contributed by atoms with Gasteiger partial charge in [-0.15, -0.1) is 0 Å². The smallest absolute Gasteiger partial charge is 0.319 e. The van der Waals surface area contributed by atoms with Gasteiger partial charge in [0.25, 0.3) is 0 Å². The first kappa shape index (κ1) is 10.9. The molecule has 0 radical (unpaired) electrons. The second-order valence-electron chi connectivity index (χ2n) is 2.90. The standard InChI is InChI=1S/C10H13ClN2O/c1-3-12-10(14)13-9-6-4-5-8(11)7(9)2/h4-6H,3H2,1-2H3,(H2,12,13,14). The van der Waals surface area contributed by atoms with E-state index in [4.69, 9.17) is 11.6 Å². The number of halogens is 1. The minimum absolute atomic E-state index is 0.210. The van der Waals surface area contributed by atoms with Crippen molar-refractivity contribution in [2.45, 2.75) is 13.8 Å². The number of rotatable bonds is 2. The van der Waals surface area contributed by atoms with Crippen LogP contribution in [-0.4, -0.2) is 12.6 Å². The van der Waals surface area contributed by atoms with Gasteiger partial charge in [-0.25, -0.2) is 4.79 Å². The summed E-state index contributed by atoms with van der Waals surface area (Å²) in [5.74, 6) is 0. The lowest BCUT2D eigenvalue weighted by molar-refractivity contribution is 0.252. The van der Waals surface area contributed by atoms with Crippen molar-refractivity contribution in [1.29, 1.82) is 0 Å². The van der Waals surface area contributed by atoms with Crippen molar-refractivity contribution >= 4 is 23.3 Å². The quantitative estimate of drug-likeness (QED) is 0.778. The van der Waals surface area contributed by atoms with E-state index in [0.29, 0.717) is 11.6 Å². The number of carbonyl (C=O) groups excluding carboxylic acids is 1. The fourth-order valence-electron chi connectivity index (χ4n) is 1.07. The Bertz CT molecular complexity index is 339. The number of hydrogen-bond donors (Lipinski definition) is 2. The summed E-state index contributed by atoms with van der Waals surface area (Å²) in [4.78, 5) is 11.2. The highest BCUT2D eigenvalue weighted by Gasteiger charge is 2.04. The Morgan fingerprint density at radius 2 is 2.21 bits per heavy atom. The first-order valence-corrected chi connectivity index (χ1v) is 4.83. The van der Waals surface area contributed by atoms with Crippen LogP contribution in [0, 0.1) is 6.92 Å². The third-order valence-electron chi connectivity index (χ3n) is 1.85. The molecule has 1 aromatic rings. The summed E-state index contributed by atoms with van der Waals surface area (Å²) in [5, 5.41) is 6.02. The molecule has 0 aliphatic heterocycles. The van der Waals surface area contributed by atoms with Crippen molar-refractivity contribution < 1.29 is 4.79 Å². The lowest BCUT2D eigenvalue weighted by Crippen LogP contribution is -2.28. The molecule has 0 spiro atoms. The maximum atomic E-state index is 11.2. The van der Waals surface area contributed by atoms with Crippen LogP contribution in [0.15, 0.2) is 18.2 Å². The van der Waals surface area contributed by atoms with Gasteiger partial charge < -0.3 is 10.6 Å². The summed E-state index contributed by atoms with van der Waals surface area (Å²) in [6, 6.07) is 5.20. The van der Waals surface area contributed by atoms with Crippen LogP contribution in [0.2, 0.25) is 5.02 Å². The summed E-state index contributed by atoms with van der Waals surface area (Å²) in [5.41, 5.74) is 1.61. The average Bonchev–Trinajstić information content (AvgIpc) is 2.13. The summed E-state index contributed by atoms with van der Waals surface area (Å²) in [7, 11) is 0. The molecular formula is C10H13ClN2O. The predicted molar refractivity (Wildman–Crippen MR) is 58.9 cm³/mol. The fraction of sp³-hybridized carbons (Fsp3) is 0.300. The third kappa shape index (κ3) is 2.64. The number of urea groups is 1. The number of benzene rings is 1. The van der Waals surface area contributed by atoms with Gasteiger partial charge in [-0.1, -0.05) is 17.7 Å². The van der Waals surface area contributed by atoms with E-state index >= 15 is 0 Å². The van der Waals surface area contributed by atoms with E-state index in [1.165, 1.54) is 0 Å². The molecule has 0 heterocycles. The van der Waals surface area contributed by atoms with Crippen LogP contribution < -0.4 is 10.6 Å². The van der Waals surface area contributed by atoms with E-state index in [2.05, 4.69) is 10.6 Å². The van der Waals surface area contributed by atoms with Crippen LogP contribution in [0.5, 0.6) is 0 Å². The highest BCUT2D eigenvalue weighted by Crippen LogP contribution is 2.22. The molecule has 4 heteroatoms. The van der Waals surface area contributed by atoms with Crippen molar-refractivity contribution in [2.75, 3.05) is 11.9 Å². The largest absolute Gasteiger partial charge is 0.338 e. The molecule has 0 aromatic heterocycles. The Morgan fingerprint density at radius 3 is 2.86 bits per heavy atom. The van der Waals surface area contributed by atoms with E-state index in [1.807, 2.05) is 19.9 Å². The molecular weight excluding hydrogens is 200 g/mol. The summed E-state index contributed by atoms with van der Waals surface area (Å²) in [6.07, 6.45) is 0. The van der Waals surface area contributed by atoms with Gasteiger partial charge in [-0.3, -0.25) is 0 Å². The van der Waals surface area contributed by atoms with Crippen LogP contribution in [0.1, 0.15) is 12.5 Å². The van der Waals surface area contributed by atoms with Gasteiger partial charge in [0.2, 0.25) is 0 Å². The molecule has 0 bridgehead atoms. The molecule has 0 aliphatic carbocycles.